The Labute approximate surface area is 188 Å². The van der Waals surface area contributed by atoms with Crippen molar-refractivity contribution in [3.05, 3.63) is 86.9 Å². The maximum absolute atomic E-state index is 12.4. The fourth-order valence-electron chi connectivity index (χ4n) is 2.73. The molecule has 0 saturated heterocycles. The minimum absolute atomic E-state index is 0.238. The second-order valence-electron chi connectivity index (χ2n) is 6.39. The van der Waals surface area contributed by atoms with Crippen molar-refractivity contribution in [3.8, 4) is 5.75 Å². The summed E-state index contributed by atoms with van der Waals surface area (Å²) in [5.74, 6) is -0.327. The molecule has 5 nitrogen and oxygen atoms in total. The monoisotopic (exact) mass is 462 g/mol. The van der Waals surface area contributed by atoms with Crippen LogP contribution in [0.2, 0.25) is 15.1 Å². The van der Waals surface area contributed by atoms with E-state index in [9.17, 15) is 9.59 Å². The van der Waals surface area contributed by atoms with Gasteiger partial charge in [0.05, 0.1) is 15.6 Å². The van der Waals surface area contributed by atoms with Gasteiger partial charge in [-0.3, -0.25) is 9.59 Å². The molecule has 0 atom stereocenters. The molecule has 2 amide bonds. The third-order valence-corrected chi connectivity index (χ3v) is 4.89. The molecule has 3 aromatic carbocycles. The molecule has 0 aliphatic carbocycles. The van der Waals surface area contributed by atoms with Gasteiger partial charge in [0.15, 0.2) is 6.61 Å². The largest absolute Gasteiger partial charge is 0.482 e. The van der Waals surface area contributed by atoms with Crippen LogP contribution in [-0.2, 0) is 4.79 Å². The maximum atomic E-state index is 12.4. The first-order chi connectivity index (χ1) is 14.3. The fraction of sp³-hybridized carbons (Fsp3) is 0.0909. The van der Waals surface area contributed by atoms with E-state index in [0.29, 0.717) is 37.8 Å². The molecule has 0 aliphatic heterocycles. The molecule has 0 spiro atoms. The number of rotatable bonds is 6. The zero-order valence-electron chi connectivity index (χ0n) is 15.8. The highest BCUT2D eigenvalue weighted by Gasteiger charge is 2.12. The average Bonchev–Trinajstić information content (AvgIpc) is 2.67. The number of nitrogens with one attached hydrogen (secondary N) is 2. The van der Waals surface area contributed by atoms with Gasteiger partial charge in [0.25, 0.3) is 11.8 Å². The Balaban J connectivity index is 1.62. The first-order valence-electron chi connectivity index (χ1n) is 8.87. The number of hydrogen-bond acceptors (Lipinski definition) is 3. The number of carbonyl (C=O) groups excluding carboxylic acids is 2. The predicted molar refractivity (Wildman–Crippen MR) is 121 cm³/mol. The number of carbonyl (C=O) groups is 2. The van der Waals surface area contributed by atoms with Crippen molar-refractivity contribution in [2.45, 2.75) is 6.92 Å². The van der Waals surface area contributed by atoms with Gasteiger partial charge in [-0.05, 0) is 55.0 Å². The molecule has 3 rings (SSSR count). The summed E-state index contributed by atoms with van der Waals surface area (Å²) in [4.78, 5) is 24.7. The van der Waals surface area contributed by atoms with Crippen LogP contribution in [0.1, 0.15) is 15.9 Å². The Morgan fingerprint density at radius 2 is 1.57 bits per heavy atom. The molecule has 0 bridgehead atoms. The van der Waals surface area contributed by atoms with Gasteiger partial charge in [0, 0.05) is 16.4 Å². The Bertz CT molecular complexity index is 1080. The molecule has 0 unspecified atom stereocenters. The van der Waals surface area contributed by atoms with Gasteiger partial charge in [0.2, 0.25) is 0 Å². The van der Waals surface area contributed by atoms with Gasteiger partial charge in [-0.15, -0.1) is 0 Å². The van der Waals surface area contributed by atoms with Crippen molar-refractivity contribution in [2.24, 2.45) is 0 Å². The lowest BCUT2D eigenvalue weighted by atomic mass is 10.2. The molecule has 0 aliphatic rings. The molecule has 0 aromatic heterocycles. The summed E-state index contributed by atoms with van der Waals surface area (Å²) in [6.07, 6.45) is 0. The summed E-state index contributed by atoms with van der Waals surface area (Å²) in [5, 5.41) is 6.65. The average molecular weight is 464 g/mol. The summed E-state index contributed by atoms with van der Waals surface area (Å²) >= 11 is 18.1. The second kappa shape index (κ2) is 9.85. The molecule has 0 fully saturated rings. The molecular formula is C22H17Cl3N2O3. The molecule has 8 heteroatoms. The number of benzene rings is 3. The topological polar surface area (TPSA) is 67.4 Å². The third kappa shape index (κ3) is 5.66. The first-order valence-corrected chi connectivity index (χ1v) is 10.0. The molecule has 0 heterocycles. The highest BCUT2D eigenvalue weighted by molar-refractivity contribution is 6.35. The van der Waals surface area contributed by atoms with Crippen molar-refractivity contribution in [1.82, 2.24) is 0 Å². The van der Waals surface area contributed by atoms with E-state index in [0.717, 1.165) is 5.56 Å². The van der Waals surface area contributed by atoms with Crippen LogP contribution in [0.5, 0.6) is 5.75 Å². The summed E-state index contributed by atoms with van der Waals surface area (Å²) in [7, 11) is 0. The summed E-state index contributed by atoms with van der Waals surface area (Å²) in [6, 6.07) is 16.7. The van der Waals surface area contributed by atoms with E-state index in [4.69, 9.17) is 39.5 Å². The van der Waals surface area contributed by atoms with Crippen molar-refractivity contribution >= 4 is 58.0 Å². The zero-order valence-corrected chi connectivity index (χ0v) is 18.1. The van der Waals surface area contributed by atoms with Crippen LogP contribution < -0.4 is 15.4 Å². The Morgan fingerprint density at radius 1 is 0.867 bits per heavy atom. The Hall–Kier alpha value is -2.73. The first kappa shape index (κ1) is 22.0. The standard InChI is InChI=1S/C22H17Cl3N2O3/c1-13-9-14(23)10-19(25)21(13)30-12-20(28)26-15-5-4-6-16(11-15)27-22(29)17-7-2-3-8-18(17)24/h2-11H,12H2,1H3,(H,26,28)(H,27,29). The quantitative estimate of drug-likeness (QED) is 0.456. The smallest absolute Gasteiger partial charge is 0.262 e. The van der Waals surface area contributed by atoms with Crippen molar-refractivity contribution in [2.75, 3.05) is 17.2 Å². The molecule has 2 N–H and O–H groups in total. The minimum atomic E-state index is -0.380. The van der Waals surface area contributed by atoms with Gasteiger partial charge in [-0.1, -0.05) is 53.0 Å². The van der Waals surface area contributed by atoms with Crippen LogP contribution in [0.25, 0.3) is 0 Å². The molecule has 154 valence electrons. The highest BCUT2D eigenvalue weighted by Crippen LogP contribution is 2.31. The van der Waals surface area contributed by atoms with Crippen LogP contribution in [0.4, 0.5) is 11.4 Å². The third-order valence-electron chi connectivity index (χ3n) is 4.06. The minimum Gasteiger partial charge on any atom is -0.482 e. The number of aryl methyl sites for hydroxylation is 1. The van der Waals surface area contributed by atoms with E-state index in [1.807, 2.05) is 0 Å². The van der Waals surface area contributed by atoms with Crippen LogP contribution in [0.15, 0.2) is 60.7 Å². The number of ether oxygens (including phenoxy) is 1. The molecule has 30 heavy (non-hydrogen) atoms. The highest BCUT2D eigenvalue weighted by atomic mass is 35.5. The van der Waals surface area contributed by atoms with E-state index in [1.165, 1.54) is 0 Å². The molecule has 3 aromatic rings. The predicted octanol–water partition coefficient (Wildman–Crippen LogP) is 6.23. The normalized spacial score (nSPS) is 10.4. The van der Waals surface area contributed by atoms with Gasteiger partial charge < -0.3 is 15.4 Å². The van der Waals surface area contributed by atoms with Crippen LogP contribution in [0.3, 0.4) is 0 Å². The van der Waals surface area contributed by atoms with E-state index in [1.54, 1.807) is 67.6 Å². The Kier molecular flexibility index (Phi) is 7.21. The number of hydrogen-bond donors (Lipinski definition) is 2. The van der Waals surface area contributed by atoms with Gasteiger partial charge >= 0.3 is 0 Å². The lowest BCUT2D eigenvalue weighted by Gasteiger charge is -2.12. The van der Waals surface area contributed by atoms with Crippen LogP contribution in [0, 0.1) is 6.92 Å². The molecule has 0 radical (unpaired) electrons. The second-order valence-corrected chi connectivity index (χ2v) is 7.64. The SMILES string of the molecule is Cc1cc(Cl)cc(Cl)c1OCC(=O)Nc1cccc(NC(=O)c2ccccc2Cl)c1. The van der Waals surface area contributed by atoms with E-state index < -0.39 is 0 Å². The number of halogens is 3. The van der Waals surface area contributed by atoms with Gasteiger partial charge in [-0.25, -0.2) is 0 Å². The van der Waals surface area contributed by atoms with Crippen LogP contribution in [-0.4, -0.2) is 18.4 Å². The fourth-order valence-corrected chi connectivity index (χ4v) is 3.60. The number of amides is 2. The van der Waals surface area contributed by atoms with E-state index in [-0.39, 0.29) is 18.4 Å². The lowest BCUT2D eigenvalue weighted by Crippen LogP contribution is -2.20. The van der Waals surface area contributed by atoms with E-state index >= 15 is 0 Å². The summed E-state index contributed by atoms with van der Waals surface area (Å²) in [6.45, 7) is 1.55. The van der Waals surface area contributed by atoms with Gasteiger partial charge in [0.1, 0.15) is 5.75 Å². The molecule has 0 saturated carbocycles. The van der Waals surface area contributed by atoms with E-state index in [2.05, 4.69) is 10.6 Å². The van der Waals surface area contributed by atoms with Crippen molar-refractivity contribution in [3.63, 3.8) is 0 Å². The zero-order chi connectivity index (χ0) is 21.7. The summed E-state index contributed by atoms with van der Waals surface area (Å²) < 4.78 is 5.54. The van der Waals surface area contributed by atoms with Crippen LogP contribution >= 0.6 is 34.8 Å². The lowest BCUT2D eigenvalue weighted by molar-refractivity contribution is -0.118. The van der Waals surface area contributed by atoms with Crippen molar-refractivity contribution < 1.29 is 14.3 Å². The summed E-state index contributed by atoms with van der Waals surface area (Å²) in [5.41, 5.74) is 2.09. The Morgan fingerprint density at radius 3 is 2.27 bits per heavy atom. The maximum Gasteiger partial charge on any atom is 0.262 e. The number of anilines is 2. The van der Waals surface area contributed by atoms with Gasteiger partial charge in [-0.2, -0.15) is 0 Å². The van der Waals surface area contributed by atoms with Crippen molar-refractivity contribution in [1.29, 1.82) is 0 Å². The molecular weight excluding hydrogens is 447 g/mol.